The number of carbonyl (C=O) groups is 2. The lowest BCUT2D eigenvalue weighted by Gasteiger charge is -2.07. The van der Waals surface area contributed by atoms with Crippen molar-refractivity contribution in [2.24, 2.45) is 5.92 Å². The SMILES string of the molecule is CCCCC[C@@H]1C[C@@H](CC(=O)[O-])C(=O)O1. The van der Waals surface area contributed by atoms with Crippen LogP contribution in [-0.2, 0) is 14.3 Å². The molecule has 0 spiro atoms. The highest BCUT2D eigenvalue weighted by molar-refractivity contribution is 5.79. The zero-order chi connectivity index (χ0) is 11.3. The predicted molar refractivity (Wildman–Crippen MR) is 51.8 cm³/mol. The maximum absolute atomic E-state index is 11.2. The predicted octanol–water partition coefficient (Wildman–Crippen LogP) is 0.638. The lowest BCUT2D eigenvalue weighted by atomic mass is 9.99. The third-order valence-electron chi connectivity index (χ3n) is 2.71. The molecular formula is C11H17O4-. The Bertz CT molecular complexity index is 237. The second kappa shape index (κ2) is 5.73. The summed E-state index contributed by atoms with van der Waals surface area (Å²) in [4.78, 5) is 21.6. The Morgan fingerprint density at radius 1 is 1.53 bits per heavy atom. The molecule has 1 aliphatic rings. The van der Waals surface area contributed by atoms with Gasteiger partial charge in [-0.3, -0.25) is 4.79 Å². The van der Waals surface area contributed by atoms with Crippen molar-refractivity contribution in [2.45, 2.75) is 51.6 Å². The number of rotatable bonds is 6. The summed E-state index contributed by atoms with van der Waals surface area (Å²) in [5, 5.41) is 10.3. The minimum atomic E-state index is -1.17. The summed E-state index contributed by atoms with van der Waals surface area (Å²) in [6.07, 6.45) is 4.39. The van der Waals surface area contributed by atoms with E-state index in [-0.39, 0.29) is 18.5 Å². The average Bonchev–Trinajstić information content (AvgIpc) is 2.47. The highest BCUT2D eigenvalue weighted by Crippen LogP contribution is 2.27. The Morgan fingerprint density at radius 2 is 2.27 bits per heavy atom. The Labute approximate surface area is 89.6 Å². The molecule has 0 unspecified atom stereocenters. The third kappa shape index (κ3) is 3.90. The molecule has 1 heterocycles. The number of hydrogen-bond acceptors (Lipinski definition) is 4. The van der Waals surface area contributed by atoms with E-state index in [0.29, 0.717) is 6.42 Å². The van der Waals surface area contributed by atoms with E-state index in [1.165, 1.54) is 0 Å². The Hall–Kier alpha value is -1.06. The molecule has 0 saturated carbocycles. The van der Waals surface area contributed by atoms with E-state index in [1.807, 2.05) is 0 Å². The number of esters is 1. The molecule has 86 valence electrons. The number of carboxylic acids is 1. The Balaban J connectivity index is 2.28. The van der Waals surface area contributed by atoms with Crippen LogP contribution in [0.25, 0.3) is 0 Å². The molecule has 0 aliphatic carbocycles. The lowest BCUT2D eigenvalue weighted by Crippen LogP contribution is -2.26. The fourth-order valence-corrected chi connectivity index (χ4v) is 1.89. The van der Waals surface area contributed by atoms with Crippen molar-refractivity contribution in [3.63, 3.8) is 0 Å². The molecule has 1 aliphatic heterocycles. The van der Waals surface area contributed by atoms with Gasteiger partial charge in [-0.25, -0.2) is 0 Å². The van der Waals surface area contributed by atoms with Gasteiger partial charge < -0.3 is 14.6 Å². The van der Waals surface area contributed by atoms with E-state index in [4.69, 9.17) is 4.74 Å². The molecule has 4 nitrogen and oxygen atoms in total. The van der Waals surface area contributed by atoms with E-state index in [1.54, 1.807) is 0 Å². The van der Waals surface area contributed by atoms with Crippen molar-refractivity contribution in [1.82, 2.24) is 0 Å². The molecule has 1 rings (SSSR count). The molecule has 0 radical (unpaired) electrons. The first kappa shape index (κ1) is 12.0. The molecule has 1 fully saturated rings. The highest BCUT2D eigenvalue weighted by Gasteiger charge is 2.33. The highest BCUT2D eigenvalue weighted by atomic mass is 16.6. The smallest absolute Gasteiger partial charge is 0.309 e. The van der Waals surface area contributed by atoms with Crippen molar-refractivity contribution in [3.8, 4) is 0 Å². The monoisotopic (exact) mass is 213 g/mol. The first-order chi connectivity index (χ1) is 7.13. The maximum atomic E-state index is 11.2. The van der Waals surface area contributed by atoms with Gasteiger partial charge in [0.25, 0.3) is 0 Å². The first-order valence-electron chi connectivity index (χ1n) is 5.53. The molecule has 0 N–H and O–H groups in total. The molecule has 0 amide bonds. The van der Waals surface area contributed by atoms with E-state index < -0.39 is 11.9 Å². The molecule has 4 heteroatoms. The largest absolute Gasteiger partial charge is 0.550 e. The number of carboxylic acid groups (broad SMARTS) is 1. The van der Waals surface area contributed by atoms with Gasteiger partial charge >= 0.3 is 5.97 Å². The Morgan fingerprint density at radius 3 is 2.87 bits per heavy atom. The van der Waals surface area contributed by atoms with Crippen LogP contribution >= 0.6 is 0 Å². The zero-order valence-electron chi connectivity index (χ0n) is 9.03. The van der Waals surface area contributed by atoms with Gasteiger partial charge in [0.2, 0.25) is 0 Å². The zero-order valence-corrected chi connectivity index (χ0v) is 9.03. The summed E-state index contributed by atoms with van der Waals surface area (Å²) in [5.41, 5.74) is 0. The Kier molecular flexibility index (Phi) is 4.59. The van der Waals surface area contributed by atoms with Gasteiger partial charge in [0, 0.05) is 12.4 Å². The summed E-state index contributed by atoms with van der Waals surface area (Å²) < 4.78 is 5.09. The van der Waals surface area contributed by atoms with Crippen LogP contribution in [-0.4, -0.2) is 18.0 Å². The fraction of sp³-hybridized carbons (Fsp3) is 0.818. The van der Waals surface area contributed by atoms with E-state index in [2.05, 4.69) is 6.92 Å². The topological polar surface area (TPSA) is 66.4 Å². The van der Waals surface area contributed by atoms with Gasteiger partial charge in [0.15, 0.2) is 0 Å². The number of aliphatic carboxylic acids is 1. The fourth-order valence-electron chi connectivity index (χ4n) is 1.89. The van der Waals surface area contributed by atoms with Crippen molar-refractivity contribution >= 4 is 11.9 Å². The van der Waals surface area contributed by atoms with Crippen LogP contribution < -0.4 is 5.11 Å². The van der Waals surface area contributed by atoms with Gasteiger partial charge in [0.05, 0.1) is 5.92 Å². The van der Waals surface area contributed by atoms with Crippen LogP contribution in [0.2, 0.25) is 0 Å². The summed E-state index contributed by atoms with van der Waals surface area (Å²) in [7, 11) is 0. The molecule has 0 aromatic heterocycles. The molecule has 1 saturated heterocycles. The van der Waals surface area contributed by atoms with Crippen LogP contribution in [0.1, 0.15) is 45.4 Å². The molecule has 0 bridgehead atoms. The van der Waals surface area contributed by atoms with Crippen LogP contribution in [0.5, 0.6) is 0 Å². The molecule has 15 heavy (non-hydrogen) atoms. The third-order valence-corrected chi connectivity index (χ3v) is 2.71. The van der Waals surface area contributed by atoms with Crippen LogP contribution in [0.4, 0.5) is 0 Å². The normalized spacial score (nSPS) is 25.3. The van der Waals surface area contributed by atoms with Gasteiger partial charge in [-0.15, -0.1) is 0 Å². The van der Waals surface area contributed by atoms with Crippen LogP contribution in [0.15, 0.2) is 0 Å². The number of ether oxygens (including phenoxy) is 1. The standard InChI is InChI=1S/C11H18O4/c1-2-3-4-5-9-6-8(7-10(12)13)11(14)15-9/h8-9H,2-7H2,1H3,(H,12,13)/p-1/t8-,9+/m0/s1. The van der Waals surface area contributed by atoms with Crippen molar-refractivity contribution in [3.05, 3.63) is 0 Å². The summed E-state index contributed by atoms with van der Waals surface area (Å²) in [6, 6.07) is 0. The van der Waals surface area contributed by atoms with Crippen molar-refractivity contribution in [1.29, 1.82) is 0 Å². The first-order valence-corrected chi connectivity index (χ1v) is 5.53. The van der Waals surface area contributed by atoms with Crippen LogP contribution in [0, 0.1) is 5.92 Å². The summed E-state index contributed by atoms with van der Waals surface area (Å²) in [6.45, 7) is 2.11. The van der Waals surface area contributed by atoms with Gasteiger partial charge in [-0.1, -0.05) is 19.8 Å². The van der Waals surface area contributed by atoms with Crippen molar-refractivity contribution < 1.29 is 19.4 Å². The molecule has 2 atom stereocenters. The molecular weight excluding hydrogens is 196 g/mol. The van der Waals surface area contributed by atoms with E-state index in [9.17, 15) is 14.7 Å². The van der Waals surface area contributed by atoms with Crippen molar-refractivity contribution in [2.75, 3.05) is 0 Å². The second-order valence-electron chi connectivity index (χ2n) is 4.06. The number of hydrogen-bond donors (Lipinski definition) is 0. The lowest BCUT2D eigenvalue weighted by molar-refractivity contribution is -0.306. The number of unbranched alkanes of at least 4 members (excludes halogenated alkanes) is 2. The second-order valence-corrected chi connectivity index (χ2v) is 4.06. The number of cyclic esters (lactones) is 1. The molecule has 0 aromatic rings. The van der Waals surface area contributed by atoms with Crippen LogP contribution in [0.3, 0.4) is 0 Å². The molecule has 0 aromatic carbocycles. The average molecular weight is 213 g/mol. The van der Waals surface area contributed by atoms with Gasteiger partial charge in [-0.05, 0) is 19.3 Å². The van der Waals surface area contributed by atoms with E-state index in [0.717, 1.165) is 25.7 Å². The quantitative estimate of drug-likeness (QED) is 0.479. The summed E-state index contributed by atoms with van der Waals surface area (Å²) in [5.74, 6) is -2.03. The minimum absolute atomic E-state index is 0.0756. The maximum Gasteiger partial charge on any atom is 0.309 e. The van der Waals surface area contributed by atoms with Gasteiger partial charge in [-0.2, -0.15) is 0 Å². The minimum Gasteiger partial charge on any atom is -0.550 e. The number of carbonyl (C=O) groups excluding carboxylic acids is 2. The summed E-state index contributed by atoms with van der Waals surface area (Å²) >= 11 is 0. The van der Waals surface area contributed by atoms with Gasteiger partial charge in [0.1, 0.15) is 6.10 Å². The van der Waals surface area contributed by atoms with E-state index >= 15 is 0 Å².